The minimum Gasteiger partial charge on any atom is -0.353 e. The van der Waals surface area contributed by atoms with Crippen molar-refractivity contribution in [3.05, 3.63) is 24.4 Å². The molecule has 3 fully saturated rings. The Morgan fingerprint density at radius 3 is 2.48 bits per heavy atom. The van der Waals surface area contributed by atoms with E-state index in [1.165, 1.54) is 19.3 Å². The van der Waals surface area contributed by atoms with E-state index in [2.05, 4.69) is 21.7 Å². The molecule has 3 heterocycles. The van der Waals surface area contributed by atoms with E-state index >= 15 is 0 Å². The van der Waals surface area contributed by atoms with Gasteiger partial charge >= 0.3 is 0 Å². The summed E-state index contributed by atoms with van der Waals surface area (Å²) in [6.45, 7) is 7.13. The predicted molar refractivity (Wildman–Crippen MR) is 123 cm³/mol. The molecule has 31 heavy (non-hydrogen) atoms. The van der Waals surface area contributed by atoms with Gasteiger partial charge in [0.15, 0.2) is 0 Å². The van der Waals surface area contributed by atoms with E-state index in [-0.39, 0.29) is 11.3 Å². The molecule has 3 aliphatic rings. The van der Waals surface area contributed by atoms with E-state index in [4.69, 9.17) is 0 Å². The first kappa shape index (κ1) is 22.1. The van der Waals surface area contributed by atoms with Crippen LogP contribution in [0.4, 0.5) is 5.82 Å². The highest BCUT2D eigenvalue weighted by Gasteiger charge is 2.39. The lowest BCUT2D eigenvalue weighted by atomic mass is 9.74. The normalized spacial score (nSPS) is 24.2. The van der Waals surface area contributed by atoms with Gasteiger partial charge in [0.1, 0.15) is 5.82 Å². The topological polar surface area (TPSA) is 56.8 Å². The van der Waals surface area contributed by atoms with E-state index in [9.17, 15) is 9.59 Å². The first-order chi connectivity index (χ1) is 15.0. The smallest absolute Gasteiger partial charge is 0.228 e. The van der Waals surface area contributed by atoms with Crippen molar-refractivity contribution in [2.75, 3.05) is 44.2 Å². The van der Waals surface area contributed by atoms with Gasteiger partial charge in [-0.3, -0.25) is 9.59 Å². The molecule has 0 unspecified atom stereocenters. The van der Waals surface area contributed by atoms with Crippen molar-refractivity contribution in [2.45, 2.75) is 64.7 Å². The summed E-state index contributed by atoms with van der Waals surface area (Å²) in [6, 6.07) is 5.97. The molecule has 2 saturated heterocycles. The fourth-order valence-corrected chi connectivity index (χ4v) is 5.62. The standard InChI is InChI=1S/C25H38N4O2/c1-25(12-4-2-5-13-25)24(31)29-15-7-8-21(20-29)10-11-23(30)28-18-16-27(17-19-28)22-9-3-6-14-26-22/h3,6,9,14,21H,2,4-5,7-8,10-13,15-20H2,1H3/t21-/m0/s1. The van der Waals surface area contributed by atoms with Gasteiger partial charge in [-0.1, -0.05) is 32.3 Å². The zero-order valence-corrected chi connectivity index (χ0v) is 19.1. The summed E-state index contributed by atoms with van der Waals surface area (Å²) >= 11 is 0. The second kappa shape index (κ2) is 10.0. The molecule has 1 aromatic heterocycles. The summed E-state index contributed by atoms with van der Waals surface area (Å²) in [4.78, 5) is 36.8. The predicted octanol–water partition coefficient (Wildman–Crippen LogP) is 3.72. The molecule has 1 aromatic rings. The number of likely N-dealkylation sites (tertiary alicyclic amines) is 1. The van der Waals surface area contributed by atoms with Crippen LogP contribution in [0.3, 0.4) is 0 Å². The van der Waals surface area contributed by atoms with Gasteiger partial charge in [-0.05, 0) is 50.2 Å². The SMILES string of the molecule is CC1(C(=O)N2CCC[C@@H](CCC(=O)N3CCN(c4ccccn4)CC3)C2)CCCCC1. The van der Waals surface area contributed by atoms with Gasteiger partial charge in [-0.2, -0.15) is 0 Å². The van der Waals surface area contributed by atoms with Gasteiger partial charge in [0, 0.05) is 57.3 Å². The van der Waals surface area contributed by atoms with Gasteiger partial charge in [-0.15, -0.1) is 0 Å². The van der Waals surface area contributed by atoms with E-state index in [0.29, 0.717) is 18.2 Å². The number of carbonyl (C=O) groups is 2. The Balaban J connectivity index is 1.22. The monoisotopic (exact) mass is 426 g/mol. The molecule has 6 nitrogen and oxygen atoms in total. The molecule has 0 spiro atoms. The van der Waals surface area contributed by atoms with Crippen LogP contribution in [0, 0.1) is 11.3 Å². The van der Waals surface area contributed by atoms with Crippen molar-refractivity contribution in [1.29, 1.82) is 0 Å². The maximum atomic E-state index is 13.2. The average Bonchev–Trinajstić information content (AvgIpc) is 2.83. The van der Waals surface area contributed by atoms with E-state index in [1.54, 1.807) is 0 Å². The molecule has 0 radical (unpaired) electrons. The second-order valence-electron chi connectivity index (χ2n) is 9.98. The number of piperazine rings is 1. The lowest BCUT2D eigenvalue weighted by Gasteiger charge is -2.41. The van der Waals surface area contributed by atoms with Crippen molar-refractivity contribution >= 4 is 17.6 Å². The van der Waals surface area contributed by atoms with Crippen molar-refractivity contribution in [3.63, 3.8) is 0 Å². The molecule has 4 rings (SSSR count). The van der Waals surface area contributed by atoms with Crippen LogP contribution >= 0.6 is 0 Å². The Bertz CT molecular complexity index is 739. The second-order valence-corrected chi connectivity index (χ2v) is 9.98. The zero-order chi connectivity index (χ0) is 21.7. The van der Waals surface area contributed by atoms with Crippen molar-refractivity contribution < 1.29 is 9.59 Å². The molecule has 1 saturated carbocycles. The van der Waals surface area contributed by atoms with Gasteiger partial charge in [0.05, 0.1) is 0 Å². The molecular weight excluding hydrogens is 388 g/mol. The number of hydrogen-bond acceptors (Lipinski definition) is 4. The molecule has 1 aliphatic carbocycles. The van der Waals surface area contributed by atoms with Crippen LogP contribution in [-0.2, 0) is 9.59 Å². The Kier molecular flexibility index (Phi) is 7.13. The third-order valence-corrected chi connectivity index (χ3v) is 7.65. The van der Waals surface area contributed by atoms with Crippen LogP contribution in [0.25, 0.3) is 0 Å². The third kappa shape index (κ3) is 5.39. The van der Waals surface area contributed by atoms with Crippen LogP contribution in [-0.4, -0.2) is 65.9 Å². The number of amides is 2. The maximum Gasteiger partial charge on any atom is 0.228 e. The number of piperidine rings is 1. The summed E-state index contributed by atoms with van der Waals surface area (Å²) in [5.74, 6) is 2.09. The molecule has 2 amide bonds. The fourth-order valence-electron chi connectivity index (χ4n) is 5.62. The third-order valence-electron chi connectivity index (χ3n) is 7.65. The van der Waals surface area contributed by atoms with Gasteiger partial charge in [0.2, 0.25) is 11.8 Å². The van der Waals surface area contributed by atoms with Crippen LogP contribution < -0.4 is 4.90 Å². The number of hydrogen-bond donors (Lipinski definition) is 0. The summed E-state index contributed by atoms with van der Waals surface area (Å²) in [5.41, 5.74) is -0.150. The Morgan fingerprint density at radius 2 is 1.77 bits per heavy atom. The van der Waals surface area contributed by atoms with Crippen LogP contribution in [0.1, 0.15) is 64.7 Å². The summed E-state index contributed by atoms with van der Waals surface area (Å²) in [5, 5.41) is 0. The highest BCUT2D eigenvalue weighted by Crippen LogP contribution is 2.38. The number of nitrogens with zero attached hydrogens (tertiary/aromatic N) is 4. The van der Waals surface area contributed by atoms with Crippen LogP contribution in [0.2, 0.25) is 0 Å². The number of pyridine rings is 1. The minimum absolute atomic E-state index is 0.150. The molecule has 0 N–H and O–H groups in total. The van der Waals surface area contributed by atoms with Crippen molar-refractivity contribution in [2.24, 2.45) is 11.3 Å². The van der Waals surface area contributed by atoms with Crippen LogP contribution in [0.15, 0.2) is 24.4 Å². The molecule has 170 valence electrons. The molecule has 1 atom stereocenters. The highest BCUT2D eigenvalue weighted by atomic mass is 16.2. The maximum absolute atomic E-state index is 13.2. The summed E-state index contributed by atoms with van der Waals surface area (Å²) < 4.78 is 0. The van der Waals surface area contributed by atoms with E-state index < -0.39 is 0 Å². The first-order valence-corrected chi connectivity index (χ1v) is 12.3. The number of rotatable bonds is 5. The zero-order valence-electron chi connectivity index (χ0n) is 19.1. The van der Waals surface area contributed by atoms with Gasteiger partial charge < -0.3 is 14.7 Å². The Morgan fingerprint density at radius 1 is 1.00 bits per heavy atom. The Hall–Kier alpha value is -2.11. The van der Waals surface area contributed by atoms with Crippen molar-refractivity contribution in [3.8, 4) is 0 Å². The fraction of sp³-hybridized carbons (Fsp3) is 0.720. The first-order valence-electron chi connectivity index (χ1n) is 12.3. The Labute approximate surface area is 187 Å². The van der Waals surface area contributed by atoms with Crippen LogP contribution in [0.5, 0.6) is 0 Å². The molecule has 6 heteroatoms. The lowest BCUT2D eigenvalue weighted by Crippen LogP contribution is -2.49. The van der Waals surface area contributed by atoms with Gasteiger partial charge in [0.25, 0.3) is 0 Å². The number of carbonyl (C=O) groups excluding carboxylic acids is 2. The quantitative estimate of drug-likeness (QED) is 0.720. The lowest BCUT2D eigenvalue weighted by molar-refractivity contribution is -0.145. The summed E-state index contributed by atoms with van der Waals surface area (Å²) in [6.07, 6.45) is 11.2. The average molecular weight is 427 g/mol. The molecular formula is C25H38N4O2. The molecule has 0 bridgehead atoms. The van der Waals surface area contributed by atoms with E-state index in [0.717, 1.165) is 77.2 Å². The molecule has 0 aromatic carbocycles. The minimum atomic E-state index is -0.150. The largest absolute Gasteiger partial charge is 0.353 e. The number of anilines is 1. The van der Waals surface area contributed by atoms with Gasteiger partial charge in [-0.25, -0.2) is 4.98 Å². The summed E-state index contributed by atoms with van der Waals surface area (Å²) in [7, 11) is 0. The van der Waals surface area contributed by atoms with E-state index in [1.807, 2.05) is 29.3 Å². The highest BCUT2D eigenvalue weighted by molar-refractivity contribution is 5.82. The van der Waals surface area contributed by atoms with Crippen molar-refractivity contribution in [1.82, 2.24) is 14.8 Å². The number of aromatic nitrogens is 1. The molecule has 2 aliphatic heterocycles.